The third-order valence-corrected chi connectivity index (χ3v) is 3.53. The van der Waals surface area contributed by atoms with Crippen LogP contribution in [0.1, 0.15) is 11.3 Å². The zero-order valence-electron chi connectivity index (χ0n) is 14.1. The van der Waals surface area contributed by atoms with Crippen LogP contribution >= 0.6 is 0 Å². The Morgan fingerprint density at radius 1 is 1.20 bits per heavy atom. The average Bonchev–Trinajstić information content (AvgIpc) is 3.11. The van der Waals surface area contributed by atoms with E-state index in [0.29, 0.717) is 23.9 Å². The lowest BCUT2D eigenvalue weighted by molar-refractivity contribution is 0.217. The standard InChI is InChI=1S/C19H19N3O3/c1-14-5-10-18(20-12-14)25-16-8-6-15(7-9-16)21-19(23)22(2)13-17-4-3-11-24-17/h3-12H,13H2,1-2H3,(H,21,23). The summed E-state index contributed by atoms with van der Waals surface area (Å²) in [6.45, 7) is 2.37. The monoisotopic (exact) mass is 337 g/mol. The summed E-state index contributed by atoms with van der Waals surface area (Å²) in [5.41, 5.74) is 1.75. The van der Waals surface area contributed by atoms with E-state index in [4.69, 9.17) is 9.15 Å². The summed E-state index contributed by atoms with van der Waals surface area (Å²) >= 11 is 0. The lowest BCUT2D eigenvalue weighted by Crippen LogP contribution is -2.30. The fraction of sp³-hybridized carbons (Fsp3) is 0.158. The second-order valence-corrected chi connectivity index (χ2v) is 5.67. The first-order chi connectivity index (χ1) is 12.1. The smallest absolute Gasteiger partial charge is 0.321 e. The molecular weight excluding hydrogens is 318 g/mol. The molecular formula is C19H19N3O3. The van der Waals surface area contributed by atoms with E-state index in [1.807, 2.05) is 25.1 Å². The van der Waals surface area contributed by atoms with Crippen molar-refractivity contribution in [1.82, 2.24) is 9.88 Å². The largest absolute Gasteiger partial charge is 0.467 e. The van der Waals surface area contributed by atoms with Crippen LogP contribution in [-0.2, 0) is 6.54 Å². The van der Waals surface area contributed by atoms with Gasteiger partial charge in [0.1, 0.15) is 11.5 Å². The first-order valence-corrected chi connectivity index (χ1v) is 7.85. The highest BCUT2D eigenvalue weighted by molar-refractivity contribution is 5.89. The molecule has 0 unspecified atom stereocenters. The van der Waals surface area contributed by atoms with Gasteiger partial charge in [0.2, 0.25) is 5.88 Å². The lowest BCUT2D eigenvalue weighted by atomic mass is 10.3. The number of urea groups is 1. The number of anilines is 1. The Morgan fingerprint density at radius 2 is 2.00 bits per heavy atom. The van der Waals surface area contributed by atoms with Gasteiger partial charge in [-0.15, -0.1) is 0 Å². The molecule has 0 radical (unpaired) electrons. The molecule has 0 bridgehead atoms. The van der Waals surface area contributed by atoms with Crippen molar-refractivity contribution in [3.8, 4) is 11.6 Å². The molecule has 0 saturated heterocycles. The molecule has 0 spiro atoms. The highest BCUT2D eigenvalue weighted by Crippen LogP contribution is 2.21. The molecule has 0 aliphatic carbocycles. The Balaban J connectivity index is 1.56. The molecule has 2 aromatic heterocycles. The van der Waals surface area contributed by atoms with Gasteiger partial charge in [-0.2, -0.15) is 0 Å². The summed E-state index contributed by atoms with van der Waals surface area (Å²) in [5.74, 6) is 1.91. The van der Waals surface area contributed by atoms with Crippen LogP contribution in [0, 0.1) is 6.92 Å². The molecule has 0 atom stereocenters. The topological polar surface area (TPSA) is 67.6 Å². The van der Waals surface area contributed by atoms with Crippen molar-refractivity contribution in [1.29, 1.82) is 0 Å². The second-order valence-electron chi connectivity index (χ2n) is 5.67. The summed E-state index contributed by atoms with van der Waals surface area (Å²) < 4.78 is 10.9. The normalized spacial score (nSPS) is 10.3. The number of aryl methyl sites for hydroxylation is 1. The number of furan rings is 1. The number of benzene rings is 1. The fourth-order valence-corrected chi connectivity index (χ4v) is 2.17. The molecule has 0 fully saturated rings. The summed E-state index contributed by atoms with van der Waals surface area (Å²) in [6.07, 6.45) is 3.33. The minimum atomic E-state index is -0.217. The number of amides is 2. The van der Waals surface area contributed by atoms with E-state index in [0.717, 1.165) is 11.3 Å². The van der Waals surface area contributed by atoms with E-state index >= 15 is 0 Å². The van der Waals surface area contributed by atoms with Crippen LogP contribution in [0.2, 0.25) is 0 Å². The third-order valence-electron chi connectivity index (χ3n) is 3.53. The third kappa shape index (κ3) is 4.60. The van der Waals surface area contributed by atoms with Crippen LogP contribution in [-0.4, -0.2) is 23.0 Å². The molecule has 3 rings (SSSR count). The van der Waals surface area contributed by atoms with Crippen molar-refractivity contribution < 1.29 is 13.9 Å². The van der Waals surface area contributed by atoms with Gasteiger partial charge in [-0.25, -0.2) is 9.78 Å². The Bertz CT molecular complexity index is 812. The average molecular weight is 337 g/mol. The molecule has 1 N–H and O–H groups in total. The number of hydrogen-bond donors (Lipinski definition) is 1. The van der Waals surface area contributed by atoms with E-state index < -0.39 is 0 Å². The van der Waals surface area contributed by atoms with Gasteiger partial charge < -0.3 is 19.4 Å². The number of nitrogens with one attached hydrogen (secondary N) is 1. The van der Waals surface area contributed by atoms with E-state index in [1.165, 1.54) is 0 Å². The maximum absolute atomic E-state index is 12.2. The molecule has 6 heteroatoms. The Morgan fingerprint density at radius 3 is 2.64 bits per heavy atom. The van der Waals surface area contributed by atoms with Crippen molar-refractivity contribution in [2.45, 2.75) is 13.5 Å². The van der Waals surface area contributed by atoms with Crippen molar-refractivity contribution in [3.05, 3.63) is 72.3 Å². The molecule has 0 aliphatic heterocycles. The predicted octanol–water partition coefficient (Wildman–Crippen LogP) is 4.44. The number of aromatic nitrogens is 1. The fourth-order valence-electron chi connectivity index (χ4n) is 2.17. The molecule has 2 amide bonds. The SMILES string of the molecule is Cc1ccc(Oc2ccc(NC(=O)N(C)Cc3ccco3)cc2)nc1. The van der Waals surface area contributed by atoms with Crippen LogP contribution in [0.15, 0.2) is 65.4 Å². The number of pyridine rings is 1. The minimum Gasteiger partial charge on any atom is -0.467 e. The minimum absolute atomic E-state index is 0.217. The van der Waals surface area contributed by atoms with Gasteiger partial charge in [-0.1, -0.05) is 6.07 Å². The van der Waals surface area contributed by atoms with Crippen LogP contribution in [0.4, 0.5) is 10.5 Å². The zero-order valence-corrected chi connectivity index (χ0v) is 14.1. The van der Waals surface area contributed by atoms with Crippen LogP contribution in [0.3, 0.4) is 0 Å². The molecule has 25 heavy (non-hydrogen) atoms. The van der Waals surface area contributed by atoms with Crippen LogP contribution in [0.5, 0.6) is 11.6 Å². The van der Waals surface area contributed by atoms with E-state index in [9.17, 15) is 4.79 Å². The number of hydrogen-bond acceptors (Lipinski definition) is 4. The lowest BCUT2D eigenvalue weighted by Gasteiger charge is -2.16. The quantitative estimate of drug-likeness (QED) is 0.747. The molecule has 0 saturated carbocycles. The molecule has 2 heterocycles. The van der Waals surface area contributed by atoms with Gasteiger partial charge in [-0.05, 0) is 48.9 Å². The molecule has 0 aliphatic rings. The van der Waals surface area contributed by atoms with E-state index in [2.05, 4.69) is 10.3 Å². The molecule has 6 nitrogen and oxygen atoms in total. The maximum Gasteiger partial charge on any atom is 0.321 e. The molecule has 128 valence electrons. The number of carbonyl (C=O) groups is 1. The number of rotatable bonds is 5. The van der Waals surface area contributed by atoms with Crippen LogP contribution < -0.4 is 10.1 Å². The van der Waals surface area contributed by atoms with Gasteiger partial charge in [0.05, 0.1) is 12.8 Å². The first-order valence-electron chi connectivity index (χ1n) is 7.85. The van der Waals surface area contributed by atoms with Gasteiger partial charge >= 0.3 is 6.03 Å². The molecule has 3 aromatic rings. The second kappa shape index (κ2) is 7.53. The Hall–Kier alpha value is -3.28. The van der Waals surface area contributed by atoms with E-state index in [1.54, 1.807) is 54.7 Å². The van der Waals surface area contributed by atoms with Crippen molar-refractivity contribution in [2.24, 2.45) is 0 Å². The first kappa shape index (κ1) is 16.6. The maximum atomic E-state index is 12.2. The zero-order chi connectivity index (χ0) is 17.6. The van der Waals surface area contributed by atoms with Crippen LogP contribution in [0.25, 0.3) is 0 Å². The summed E-state index contributed by atoms with van der Waals surface area (Å²) in [6, 6.07) is 14.3. The Kier molecular flexibility index (Phi) is 4.99. The highest BCUT2D eigenvalue weighted by atomic mass is 16.5. The summed E-state index contributed by atoms with van der Waals surface area (Å²) in [7, 11) is 1.71. The van der Waals surface area contributed by atoms with Gasteiger partial charge in [0.25, 0.3) is 0 Å². The predicted molar refractivity (Wildman–Crippen MR) is 94.7 cm³/mol. The highest BCUT2D eigenvalue weighted by Gasteiger charge is 2.10. The summed E-state index contributed by atoms with van der Waals surface area (Å²) in [4.78, 5) is 17.9. The van der Waals surface area contributed by atoms with Crippen molar-refractivity contribution >= 4 is 11.7 Å². The van der Waals surface area contributed by atoms with Crippen molar-refractivity contribution in [3.63, 3.8) is 0 Å². The Labute approximate surface area is 146 Å². The van der Waals surface area contributed by atoms with E-state index in [-0.39, 0.29) is 6.03 Å². The number of ether oxygens (including phenoxy) is 1. The van der Waals surface area contributed by atoms with Crippen molar-refractivity contribution in [2.75, 3.05) is 12.4 Å². The number of nitrogens with zero attached hydrogens (tertiary/aromatic N) is 2. The van der Waals surface area contributed by atoms with Gasteiger partial charge in [-0.3, -0.25) is 0 Å². The summed E-state index contributed by atoms with van der Waals surface area (Å²) in [5, 5.41) is 2.83. The van der Waals surface area contributed by atoms with Gasteiger partial charge in [0, 0.05) is 25.0 Å². The van der Waals surface area contributed by atoms with Gasteiger partial charge in [0.15, 0.2) is 0 Å². The number of carbonyl (C=O) groups excluding carboxylic acids is 1. The molecule has 1 aromatic carbocycles.